The molecule has 2 N–H and O–H groups in total. The normalized spacial score (nSPS) is 13.5. The van der Waals surface area contributed by atoms with E-state index < -0.39 is 28.6 Å². The molecule has 3 amide bonds. The van der Waals surface area contributed by atoms with E-state index in [0.29, 0.717) is 39.4 Å². The molecule has 0 saturated carbocycles. The first-order valence-electron chi connectivity index (χ1n) is 11.4. The Labute approximate surface area is 226 Å². The molecule has 12 heteroatoms. The van der Waals surface area contributed by atoms with E-state index in [0.717, 1.165) is 12.1 Å². The number of carbonyl (C=O) groups excluding carboxylic acids is 3. The van der Waals surface area contributed by atoms with Crippen LogP contribution in [0, 0.1) is 0 Å². The molecule has 0 unspecified atom stereocenters. The summed E-state index contributed by atoms with van der Waals surface area (Å²) in [6, 6.07) is 15.2. The van der Waals surface area contributed by atoms with Gasteiger partial charge >= 0.3 is 6.18 Å². The lowest BCUT2D eigenvalue weighted by atomic mass is 10.1. The molecule has 0 aromatic heterocycles. The average molecular weight is 560 g/mol. The molecule has 4 rings (SSSR count). The number of nitrogens with zero attached hydrogens (tertiary/aromatic N) is 1. The number of halogens is 4. The summed E-state index contributed by atoms with van der Waals surface area (Å²) < 4.78 is 49.7. The summed E-state index contributed by atoms with van der Waals surface area (Å²) in [6.45, 7) is 0. The maximum atomic E-state index is 13.1. The lowest BCUT2D eigenvalue weighted by Gasteiger charge is -2.17. The highest BCUT2D eigenvalue weighted by molar-refractivity contribution is 6.53. The predicted molar refractivity (Wildman–Crippen MR) is 139 cm³/mol. The Kier molecular flexibility index (Phi) is 7.82. The standard InChI is InChI=1S/C27H21ClF3N3O5/c1-38-19-10-11-20(21(14-19)39-2)33-22(35)12-15-6-8-17(9-7-15)32-24-23(28)25(36)34(26(24)37)18-5-3-4-16(13-18)27(29,30)31/h3-11,13-14,32H,12H2,1-2H3,(H,33,35). The molecule has 0 spiro atoms. The SMILES string of the molecule is COc1ccc(NC(=O)Cc2ccc(NC3=C(Cl)C(=O)N(c4cccc(C(F)(F)F)c4)C3=O)cc2)c(OC)c1. The Hall–Kier alpha value is -4.51. The van der Waals surface area contributed by atoms with Crippen molar-refractivity contribution in [3.8, 4) is 11.5 Å². The first-order valence-corrected chi connectivity index (χ1v) is 11.7. The van der Waals surface area contributed by atoms with Crippen LogP contribution in [-0.2, 0) is 27.0 Å². The smallest absolute Gasteiger partial charge is 0.416 e. The lowest BCUT2D eigenvalue weighted by molar-refractivity contribution is -0.137. The summed E-state index contributed by atoms with van der Waals surface area (Å²) in [5.41, 5.74) is -0.0666. The largest absolute Gasteiger partial charge is 0.497 e. The first kappa shape index (κ1) is 27.5. The second kappa shape index (κ2) is 11.1. The fraction of sp³-hybridized carbons (Fsp3) is 0.148. The minimum absolute atomic E-state index is 0.0274. The quantitative estimate of drug-likeness (QED) is 0.362. The van der Waals surface area contributed by atoms with Crippen molar-refractivity contribution < 1.29 is 37.0 Å². The second-order valence-corrected chi connectivity index (χ2v) is 8.67. The number of hydrogen-bond acceptors (Lipinski definition) is 6. The van der Waals surface area contributed by atoms with Gasteiger partial charge in [0.25, 0.3) is 11.8 Å². The topological polar surface area (TPSA) is 97.0 Å². The van der Waals surface area contributed by atoms with Crippen LogP contribution in [-0.4, -0.2) is 31.9 Å². The van der Waals surface area contributed by atoms with Gasteiger partial charge in [-0.05, 0) is 48.0 Å². The Bertz CT molecular complexity index is 1470. The van der Waals surface area contributed by atoms with Gasteiger partial charge in [-0.2, -0.15) is 13.2 Å². The number of carbonyl (C=O) groups is 3. The maximum absolute atomic E-state index is 13.1. The van der Waals surface area contributed by atoms with Crippen molar-refractivity contribution >= 4 is 46.4 Å². The van der Waals surface area contributed by atoms with Gasteiger partial charge in [-0.25, -0.2) is 4.90 Å². The Morgan fingerprint density at radius 2 is 1.67 bits per heavy atom. The van der Waals surface area contributed by atoms with Crippen molar-refractivity contribution in [2.45, 2.75) is 12.6 Å². The number of nitrogens with one attached hydrogen (secondary N) is 2. The van der Waals surface area contributed by atoms with E-state index in [-0.39, 0.29) is 23.7 Å². The number of benzene rings is 3. The van der Waals surface area contributed by atoms with Crippen molar-refractivity contribution in [3.05, 3.63) is 88.6 Å². The summed E-state index contributed by atoms with van der Waals surface area (Å²) in [5.74, 6) is -1.16. The molecule has 3 aromatic rings. The van der Waals surface area contributed by atoms with E-state index >= 15 is 0 Å². The summed E-state index contributed by atoms with van der Waals surface area (Å²) in [5, 5.41) is 5.05. The molecule has 1 aliphatic heterocycles. The number of amides is 3. The molecule has 8 nitrogen and oxygen atoms in total. The van der Waals surface area contributed by atoms with Gasteiger partial charge in [0.1, 0.15) is 22.2 Å². The predicted octanol–water partition coefficient (Wildman–Crippen LogP) is 5.34. The van der Waals surface area contributed by atoms with Crippen LogP contribution in [0.2, 0.25) is 0 Å². The van der Waals surface area contributed by atoms with Crippen molar-refractivity contribution in [2.75, 3.05) is 29.8 Å². The van der Waals surface area contributed by atoms with E-state index in [1.807, 2.05) is 0 Å². The molecule has 0 bridgehead atoms. The van der Waals surface area contributed by atoms with Crippen LogP contribution in [0.5, 0.6) is 11.5 Å². The lowest BCUT2D eigenvalue weighted by Crippen LogP contribution is -2.32. The fourth-order valence-corrected chi connectivity index (χ4v) is 4.01. The van der Waals surface area contributed by atoms with Crippen LogP contribution in [0.3, 0.4) is 0 Å². The Morgan fingerprint density at radius 1 is 0.949 bits per heavy atom. The number of imide groups is 1. The van der Waals surface area contributed by atoms with E-state index in [1.165, 1.54) is 20.3 Å². The van der Waals surface area contributed by atoms with E-state index in [9.17, 15) is 27.6 Å². The Balaban J connectivity index is 1.43. The average Bonchev–Trinajstić information content (AvgIpc) is 3.12. The van der Waals surface area contributed by atoms with Gasteiger partial charge in [0.15, 0.2) is 0 Å². The van der Waals surface area contributed by atoms with Gasteiger partial charge in [-0.15, -0.1) is 0 Å². The molecule has 0 fully saturated rings. The van der Waals surface area contributed by atoms with Crippen LogP contribution in [0.15, 0.2) is 77.5 Å². The fourth-order valence-electron chi connectivity index (χ4n) is 3.80. The summed E-state index contributed by atoms with van der Waals surface area (Å²) >= 11 is 6.08. The summed E-state index contributed by atoms with van der Waals surface area (Å²) in [6.07, 6.45) is -4.63. The van der Waals surface area contributed by atoms with Crippen molar-refractivity contribution in [1.82, 2.24) is 0 Å². The molecule has 3 aromatic carbocycles. The number of alkyl halides is 3. The molecular weight excluding hydrogens is 539 g/mol. The minimum atomic E-state index is -4.65. The second-order valence-electron chi connectivity index (χ2n) is 8.30. The highest BCUT2D eigenvalue weighted by Gasteiger charge is 2.40. The maximum Gasteiger partial charge on any atom is 0.416 e. The van der Waals surface area contributed by atoms with E-state index in [1.54, 1.807) is 42.5 Å². The van der Waals surface area contributed by atoms with Crippen molar-refractivity contribution in [3.63, 3.8) is 0 Å². The summed E-state index contributed by atoms with van der Waals surface area (Å²) in [4.78, 5) is 38.7. The van der Waals surface area contributed by atoms with Gasteiger partial charge in [0.2, 0.25) is 5.91 Å². The Morgan fingerprint density at radius 3 is 2.31 bits per heavy atom. The third-order valence-electron chi connectivity index (χ3n) is 5.73. The molecule has 39 heavy (non-hydrogen) atoms. The van der Waals surface area contributed by atoms with Gasteiger partial charge < -0.3 is 20.1 Å². The van der Waals surface area contributed by atoms with Gasteiger partial charge in [0, 0.05) is 11.8 Å². The zero-order chi connectivity index (χ0) is 28.3. The highest BCUT2D eigenvalue weighted by atomic mass is 35.5. The van der Waals surface area contributed by atoms with Gasteiger partial charge in [-0.1, -0.05) is 29.8 Å². The first-order chi connectivity index (χ1) is 18.5. The number of rotatable bonds is 8. The minimum Gasteiger partial charge on any atom is -0.497 e. The van der Waals surface area contributed by atoms with Gasteiger partial charge in [0.05, 0.1) is 37.6 Å². The number of methoxy groups -OCH3 is 2. The van der Waals surface area contributed by atoms with Gasteiger partial charge in [-0.3, -0.25) is 14.4 Å². The molecular formula is C27H21ClF3N3O5. The zero-order valence-electron chi connectivity index (χ0n) is 20.6. The number of ether oxygens (including phenoxy) is 2. The zero-order valence-corrected chi connectivity index (χ0v) is 21.3. The molecule has 0 saturated heterocycles. The number of anilines is 3. The molecule has 0 atom stereocenters. The van der Waals surface area contributed by atoms with E-state index in [2.05, 4.69) is 10.6 Å². The highest BCUT2D eigenvalue weighted by Crippen LogP contribution is 2.35. The van der Waals surface area contributed by atoms with Crippen LogP contribution in [0.1, 0.15) is 11.1 Å². The van der Waals surface area contributed by atoms with Crippen LogP contribution >= 0.6 is 11.6 Å². The molecule has 0 aliphatic carbocycles. The van der Waals surface area contributed by atoms with Crippen LogP contribution in [0.4, 0.5) is 30.2 Å². The van der Waals surface area contributed by atoms with Crippen molar-refractivity contribution in [1.29, 1.82) is 0 Å². The van der Waals surface area contributed by atoms with Crippen LogP contribution < -0.4 is 25.0 Å². The molecule has 0 radical (unpaired) electrons. The van der Waals surface area contributed by atoms with Crippen molar-refractivity contribution in [2.24, 2.45) is 0 Å². The molecule has 1 heterocycles. The monoisotopic (exact) mass is 559 g/mol. The third-order valence-corrected chi connectivity index (χ3v) is 6.08. The number of hydrogen-bond donors (Lipinski definition) is 2. The molecule has 1 aliphatic rings. The van der Waals surface area contributed by atoms with E-state index in [4.69, 9.17) is 21.1 Å². The third kappa shape index (κ3) is 5.99. The molecule has 202 valence electrons. The summed E-state index contributed by atoms with van der Waals surface area (Å²) in [7, 11) is 2.99. The van der Waals surface area contributed by atoms with Crippen LogP contribution in [0.25, 0.3) is 0 Å².